The van der Waals surface area contributed by atoms with E-state index in [1.165, 1.54) is 0 Å². The van der Waals surface area contributed by atoms with Crippen LogP contribution in [-0.2, 0) is 0 Å². The molecule has 0 atom stereocenters. The highest BCUT2D eigenvalue weighted by molar-refractivity contribution is 14.1. The van der Waals surface area contributed by atoms with Gasteiger partial charge in [0.05, 0.1) is 3.57 Å². The lowest BCUT2D eigenvalue weighted by Gasteiger charge is -2.02. The first-order valence-corrected chi connectivity index (χ1v) is 4.00. The molecule has 6 heteroatoms. The van der Waals surface area contributed by atoms with Gasteiger partial charge in [0.2, 0.25) is 0 Å². The molecule has 1 aromatic heterocycles. The second kappa shape index (κ2) is 3.46. The molecule has 0 aromatic carbocycles. The molecule has 0 spiro atoms. The number of nitrogens with zero attached hydrogens (tertiary/aromatic N) is 1. The van der Waals surface area contributed by atoms with Crippen molar-refractivity contribution in [1.82, 2.24) is 4.98 Å². The van der Waals surface area contributed by atoms with E-state index in [1.54, 1.807) is 22.6 Å². The zero-order valence-corrected chi connectivity index (χ0v) is 7.85. The zero-order chi connectivity index (χ0) is 9.30. The summed E-state index contributed by atoms with van der Waals surface area (Å²) in [6.07, 6.45) is -2.72. The zero-order valence-electron chi connectivity index (χ0n) is 5.69. The minimum absolute atomic E-state index is 0.0513. The molecule has 2 N–H and O–H groups in total. The van der Waals surface area contributed by atoms with E-state index in [0.29, 0.717) is 0 Å². The van der Waals surface area contributed by atoms with Crippen molar-refractivity contribution in [2.75, 3.05) is 5.73 Å². The number of hydrogen-bond donors (Lipinski definition) is 1. The summed E-state index contributed by atoms with van der Waals surface area (Å²) in [4.78, 5) is 3.18. The molecule has 66 valence electrons. The van der Waals surface area contributed by atoms with Gasteiger partial charge >= 0.3 is 0 Å². The molecule has 0 bridgehead atoms. The molecule has 1 heterocycles. The summed E-state index contributed by atoms with van der Waals surface area (Å²) in [6.45, 7) is 0. The van der Waals surface area contributed by atoms with Gasteiger partial charge in [-0.25, -0.2) is 18.2 Å². The lowest BCUT2D eigenvalue weighted by atomic mass is 10.3. The van der Waals surface area contributed by atoms with Crippen LogP contribution in [0.2, 0.25) is 0 Å². The number of rotatable bonds is 1. The molecule has 0 amide bonds. The van der Waals surface area contributed by atoms with Crippen molar-refractivity contribution >= 4 is 28.4 Å². The number of pyridine rings is 1. The van der Waals surface area contributed by atoms with Crippen LogP contribution >= 0.6 is 22.6 Å². The molecule has 2 nitrogen and oxygen atoms in total. The van der Waals surface area contributed by atoms with Gasteiger partial charge in [0, 0.05) is 0 Å². The van der Waals surface area contributed by atoms with Gasteiger partial charge in [0.1, 0.15) is 5.69 Å². The number of nitrogen functional groups attached to an aromatic ring is 1. The Bertz CT molecular complexity index is 280. The van der Waals surface area contributed by atoms with Gasteiger partial charge in [-0.2, -0.15) is 0 Å². The standard InChI is InChI=1S/C6H4F3IN2/c7-4-2(10)1-3(5(8)9)12-6(4)11/h1,5H,(H2,11,12). The first-order valence-electron chi connectivity index (χ1n) is 2.92. The van der Waals surface area contributed by atoms with Crippen LogP contribution < -0.4 is 5.73 Å². The molecule has 0 fully saturated rings. The highest BCUT2D eigenvalue weighted by Crippen LogP contribution is 2.22. The fourth-order valence-electron chi connectivity index (χ4n) is 0.648. The Morgan fingerprint density at radius 3 is 2.50 bits per heavy atom. The van der Waals surface area contributed by atoms with Crippen LogP contribution in [0, 0.1) is 9.39 Å². The molecule has 0 unspecified atom stereocenters. The Kier molecular flexibility index (Phi) is 2.76. The third-order valence-electron chi connectivity index (χ3n) is 1.18. The molecule has 0 aliphatic carbocycles. The Labute approximate surface area is 80.1 Å². The average molecular weight is 288 g/mol. The van der Waals surface area contributed by atoms with Gasteiger partial charge in [-0.05, 0) is 28.7 Å². The maximum Gasteiger partial charge on any atom is 0.280 e. The van der Waals surface area contributed by atoms with Crippen LogP contribution in [0.25, 0.3) is 0 Å². The smallest absolute Gasteiger partial charge is 0.280 e. The number of aromatic nitrogens is 1. The molecule has 1 aromatic rings. The van der Waals surface area contributed by atoms with E-state index in [4.69, 9.17) is 5.73 Å². The Balaban J connectivity index is 3.21. The number of hydrogen-bond acceptors (Lipinski definition) is 2. The topological polar surface area (TPSA) is 38.9 Å². The van der Waals surface area contributed by atoms with Crippen LogP contribution in [-0.4, -0.2) is 4.98 Å². The van der Waals surface area contributed by atoms with Crippen LogP contribution in [0.1, 0.15) is 12.1 Å². The fraction of sp³-hybridized carbons (Fsp3) is 0.167. The Morgan fingerprint density at radius 1 is 1.50 bits per heavy atom. The minimum Gasteiger partial charge on any atom is -0.381 e. The maximum absolute atomic E-state index is 12.7. The van der Waals surface area contributed by atoms with Crippen LogP contribution in [0.15, 0.2) is 6.07 Å². The molecule has 0 aliphatic heterocycles. The molecular weight excluding hydrogens is 284 g/mol. The quantitative estimate of drug-likeness (QED) is 0.806. The first-order chi connectivity index (χ1) is 5.52. The predicted molar refractivity (Wildman–Crippen MR) is 46.3 cm³/mol. The van der Waals surface area contributed by atoms with E-state index < -0.39 is 23.8 Å². The summed E-state index contributed by atoms with van der Waals surface area (Å²) >= 11 is 1.58. The molecule has 0 aliphatic rings. The summed E-state index contributed by atoms with van der Waals surface area (Å²) in [5.74, 6) is -1.24. The highest BCUT2D eigenvalue weighted by atomic mass is 127. The predicted octanol–water partition coefficient (Wildman–Crippen LogP) is 2.35. The second-order valence-corrected chi connectivity index (χ2v) is 3.19. The molecule has 0 saturated carbocycles. The van der Waals surface area contributed by atoms with Crippen molar-refractivity contribution in [3.63, 3.8) is 0 Å². The second-order valence-electron chi connectivity index (χ2n) is 2.03. The van der Waals surface area contributed by atoms with Crippen LogP contribution in [0.3, 0.4) is 0 Å². The maximum atomic E-state index is 12.7. The summed E-state index contributed by atoms with van der Waals surface area (Å²) in [6, 6.07) is 0.969. The van der Waals surface area contributed by atoms with Gasteiger partial charge in [-0.1, -0.05) is 0 Å². The summed E-state index contributed by atoms with van der Waals surface area (Å²) in [5, 5.41) is 0. The number of halogens is 4. The molecular formula is C6H4F3IN2. The molecule has 1 rings (SSSR count). The van der Waals surface area contributed by atoms with Crippen LogP contribution in [0.5, 0.6) is 0 Å². The normalized spacial score (nSPS) is 10.8. The third kappa shape index (κ3) is 1.79. The Hall–Kier alpha value is -0.530. The summed E-state index contributed by atoms with van der Waals surface area (Å²) in [7, 11) is 0. The lowest BCUT2D eigenvalue weighted by molar-refractivity contribution is 0.146. The molecule has 12 heavy (non-hydrogen) atoms. The van der Waals surface area contributed by atoms with E-state index in [1.807, 2.05) is 0 Å². The largest absolute Gasteiger partial charge is 0.381 e. The van der Waals surface area contributed by atoms with Crippen molar-refractivity contribution < 1.29 is 13.2 Å². The van der Waals surface area contributed by atoms with Gasteiger partial charge in [0.15, 0.2) is 11.6 Å². The minimum atomic E-state index is -2.72. The van der Waals surface area contributed by atoms with E-state index >= 15 is 0 Å². The van der Waals surface area contributed by atoms with Crippen molar-refractivity contribution in [1.29, 1.82) is 0 Å². The number of nitrogens with two attached hydrogens (primary N) is 1. The average Bonchev–Trinajstić information content (AvgIpc) is 1.99. The van der Waals surface area contributed by atoms with Gasteiger partial charge in [-0.15, -0.1) is 0 Å². The molecule has 0 saturated heterocycles. The van der Waals surface area contributed by atoms with E-state index in [2.05, 4.69) is 4.98 Å². The first kappa shape index (κ1) is 9.56. The van der Waals surface area contributed by atoms with Gasteiger partial charge < -0.3 is 5.73 Å². The van der Waals surface area contributed by atoms with E-state index in [0.717, 1.165) is 6.07 Å². The van der Waals surface area contributed by atoms with Crippen molar-refractivity contribution in [2.24, 2.45) is 0 Å². The third-order valence-corrected chi connectivity index (χ3v) is 1.97. The van der Waals surface area contributed by atoms with Crippen LogP contribution in [0.4, 0.5) is 19.0 Å². The summed E-state index contributed by atoms with van der Waals surface area (Å²) in [5.41, 5.74) is 4.53. The van der Waals surface area contributed by atoms with E-state index in [-0.39, 0.29) is 3.57 Å². The van der Waals surface area contributed by atoms with Crippen molar-refractivity contribution in [3.8, 4) is 0 Å². The van der Waals surface area contributed by atoms with E-state index in [9.17, 15) is 13.2 Å². The van der Waals surface area contributed by atoms with Gasteiger partial charge in [0.25, 0.3) is 6.43 Å². The summed E-state index contributed by atoms with van der Waals surface area (Å²) < 4.78 is 36.8. The monoisotopic (exact) mass is 288 g/mol. The van der Waals surface area contributed by atoms with Crippen molar-refractivity contribution in [2.45, 2.75) is 6.43 Å². The number of alkyl halides is 2. The van der Waals surface area contributed by atoms with Crippen molar-refractivity contribution in [3.05, 3.63) is 21.1 Å². The Morgan fingerprint density at radius 2 is 2.08 bits per heavy atom. The highest BCUT2D eigenvalue weighted by Gasteiger charge is 2.14. The lowest BCUT2D eigenvalue weighted by Crippen LogP contribution is -2.01. The SMILES string of the molecule is Nc1nc(C(F)F)cc(I)c1F. The fourth-order valence-corrected chi connectivity index (χ4v) is 1.24. The van der Waals surface area contributed by atoms with Gasteiger partial charge in [-0.3, -0.25) is 0 Å². The molecule has 0 radical (unpaired) electrons. The number of anilines is 1.